The Morgan fingerprint density at radius 3 is 2.67 bits per heavy atom. The van der Waals surface area contributed by atoms with Gasteiger partial charge in [0.2, 0.25) is 0 Å². The number of anilines is 2. The van der Waals surface area contributed by atoms with E-state index >= 15 is 0 Å². The summed E-state index contributed by atoms with van der Waals surface area (Å²) >= 11 is 1.73. The molecule has 4 nitrogen and oxygen atoms in total. The van der Waals surface area contributed by atoms with Gasteiger partial charge in [0.15, 0.2) is 0 Å². The number of rotatable bonds is 6. The van der Waals surface area contributed by atoms with Gasteiger partial charge in [0.25, 0.3) is 0 Å². The average Bonchev–Trinajstić information content (AvgIpc) is 2.82. The Morgan fingerprint density at radius 2 is 2.00 bits per heavy atom. The van der Waals surface area contributed by atoms with Crippen LogP contribution in [0.4, 0.5) is 11.6 Å². The highest BCUT2D eigenvalue weighted by Gasteiger charge is 2.01. The molecule has 96 valence electrons. The zero-order chi connectivity index (χ0) is 12.8. The van der Waals surface area contributed by atoms with Gasteiger partial charge in [-0.25, -0.2) is 9.97 Å². The molecule has 0 unspecified atom stereocenters. The van der Waals surface area contributed by atoms with Crippen molar-refractivity contribution in [3.05, 3.63) is 34.3 Å². The summed E-state index contributed by atoms with van der Waals surface area (Å²) in [6.07, 6.45) is 1.02. The Labute approximate surface area is 111 Å². The van der Waals surface area contributed by atoms with E-state index in [0.29, 0.717) is 0 Å². The quantitative estimate of drug-likeness (QED) is 0.840. The van der Waals surface area contributed by atoms with Crippen LogP contribution in [0.5, 0.6) is 0 Å². The smallest absolute Gasteiger partial charge is 0.131 e. The van der Waals surface area contributed by atoms with Crippen LogP contribution in [0.1, 0.15) is 18.3 Å². The van der Waals surface area contributed by atoms with Crippen LogP contribution in [-0.2, 0) is 6.42 Å². The standard InChI is InChI=1S/C13H18N4S/c1-3-14-12-8-13(17-10(2)16-12)15-6-4-11-5-7-18-9-11/h5,7-9H,3-4,6H2,1-2H3,(H2,14,15,16,17). The summed E-state index contributed by atoms with van der Waals surface area (Å²) < 4.78 is 0. The van der Waals surface area contributed by atoms with Gasteiger partial charge in [-0.3, -0.25) is 0 Å². The van der Waals surface area contributed by atoms with E-state index in [-0.39, 0.29) is 0 Å². The number of hydrogen-bond donors (Lipinski definition) is 2. The van der Waals surface area contributed by atoms with Gasteiger partial charge >= 0.3 is 0 Å². The van der Waals surface area contributed by atoms with E-state index in [0.717, 1.165) is 37.0 Å². The molecule has 0 radical (unpaired) electrons. The molecule has 5 heteroatoms. The Kier molecular flexibility index (Phi) is 4.52. The zero-order valence-electron chi connectivity index (χ0n) is 10.7. The first kappa shape index (κ1) is 12.8. The maximum atomic E-state index is 4.38. The topological polar surface area (TPSA) is 49.8 Å². The molecule has 0 saturated carbocycles. The minimum Gasteiger partial charge on any atom is -0.370 e. The summed E-state index contributed by atoms with van der Waals surface area (Å²) in [6.45, 7) is 5.72. The molecule has 0 aromatic carbocycles. The van der Waals surface area contributed by atoms with E-state index in [1.807, 2.05) is 13.0 Å². The second-order valence-electron chi connectivity index (χ2n) is 4.02. The first-order chi connectivity index (χ1) is 8.78. The fraction of sp³-hybridized carbons (Fsp3) is 0.385. The van der Waals surface area contributed by atoms with E-state index in [1.165, 1.54) is 5.56 Å². The summed E-state index contributed by atoms with van der Waals surface area (Å²) in [4.78, 5) is 8.70. The van der Waals surface area contributed by atoms with Gasteiger partial charge in [-0.1, -0.05) is 0 Å². The molecule has 2 rings (SSSR count). The van der Waals surface area contributed by atoms with Crippen molar-refractivity contribution in [1.82, 2.24) is 9.97 Å². The van der Waals surface area contributed by atoms with Crippen molar-refractivity contribution in [3.63, 3.8) is 0 Å². The van der Waals surface area contributed by atoms with Crippen LogP contribution < -0.4 is 10.6 Å². The van der Waals surface area contributed by atoms with Crippen LogP contribution in [0.15, 0.2) is 22.9 Å². The van der Waals surface area contributed by atoms with Gasteiger partial charge < -0.3 is 10.6 Å². The second-order valence-corrected chi connectivity index (χ2v) is 4.80. The molecular formula is C13H18N4S. The number of nitrogens with one attached hydrogen (secondary N) is 2. The fourth-order valence-corrected chi connectivity index (χ4v) is 2.40. The van der Waals surface area contributed by atoms with E-state index in [9.17, 15) is 0 Å². The normalized spacial score (nSPS) is 10.3. The molecule has 0 aliphatic rings. The SMILES string of the molecule is CCNc1cc(NCCc2ccsc2)nc(C)n1. The van der Waals surface area contributed by atoms with E-state index < -0.39 is 0 Å². The molecule has 2 aromatic heterocycles. The van der Waals surface area contributed by atoms with Crippen LogP contribution in [0.2, 0.25) is 0 Å². The van der Waals surface area contributed by atoms with Crippen LogP contribution >= 0.6 is 11.3 Å². The molecule has 0 aliphatic carbocycles. The highest BCUT2D eigenvalue weighted by molar-refractivity contribution is 7.07. The van der Waals surface area contributed by atoms with Crippen molar-refractivity contribution in [2.45, 2.75) is 20.3 Å². The van der Waals surface area contributed by atoms with Crippen LogP contribution in [0.25, 0.3) is 0 Å². The van der Waals surface area contributed by atoms with Crippen molar-refractivity contribution in [1.29, 1.82) is 0 Å². The fourth-order valence-electron chi connectivity index (χ4n) is 1.70. The minimum atomic E-state index is 0.784. The van der Waals surface area contributed by atoms with Crippen LogP contribution in [0, 0.1) is 6.92 Å². The lowest BCUT2D eigenvalue weighted by atomic mass is 10.2. The molecule has 0 amide bonds. The molecule has 0 atom stereocenters. The maximum Gasteiger partial charge on any atom is 0.131 e. The molecule has 0 fully saturated rings. The third-order valence-electron chi connectivity index (χ3n) is 2.50. The predicted octanol–water partition coefficient (Wildman–Crippen LogP) is 2.93. The molecule has 0 spiro atoms. The number of thiophene rings is 1. The Balaban J connectivity index is 1.92. The predicted molar refractivity (Wildman–Crippen MR) is 77.4 cm³/mol. The lowest BCUT2D eigenvalue weighted by Gasteiger charge is -2.08. The third-order valence-corrected chi connectivity index (χ3v) is 3.23. The summed E-state index contributed by atoms with van der Waals surface area (Å²) in [6, 6.07) is 4.10. The number of aromatic nitrogens is 2. The molecule has 2 heterocycles. The highest BCUT2D eigenvalue weighted by Crippen LogP contribution is 2.11. The van der Waals surface area contributed by atoms with Crippen molar-refractivity contribution >= 4 is 23.0 Å². The third kappa shape index (κ3) is 3.70. The van der Waals surface area contributed by atoms with E-state index in [2.05, 4.69) is 44.4 Å². The largest absolute Gasteiger partial charge is 0.370 e. The summed E-state index contributed by atoms with van der Waals surface area (Å²) in [5.74, 6) is 2.54. The maximum absolute atomic E-state index is 4.38. The molecule has 0 saturated heterocycles. The number of hydrogen-bond acceptors (Lipinski definition) is 5. The zero-order valence-corrected chi connectivity index (χ0v) is 11.5. The summed E-state index contributed by atoms with van der Waals surface area (Å²) in [5, 5.41) is 10.8. The molecule has 0 bridgehead atoms. The average molecular weight is 262 g/mol. The Hall–Kier alpha value is -1.62. The van der Waals surface area contributed by atoms with Gasteiger partial charge in [0, 0.05) is 19.2 Å². The first-order valence-electron chi connectivity index (χ1n) is 6.12. The van der Waals surface area contributed by atoms with Crippen LogP contribution in [-0.4, -0.2) is 23.1 Å². The first-order valence-corrected chi connectivity index (χ1v) is 7.06. The lowest BCUT2D eigenvalue weighted by molar-refractivity contribution is 0.981. The number of nitrogens with zero attached hydrogens (tertiary/aromatic N) is 2. The molecule has 2 N–H and O–H groups in total. The van der Waals surface area contributed by atoms with Crippen molar-refractivity contribution in [2.75, 3.05) is 23.7 Å². The van der Waals surface area contributed by atoms with Gasteiger partial charge in [-0.15, -0.1) is 0 Å². The summed E-state index contributed by atoms with van der Waals surface area (Å²) in [5.41, 5.74) is 1.37. The molecule has 18 heavy (non-hydrogen) atoms. The van der Waals surface area contributed by atoms with Crippen molar-refractivity contribution in [2.24, 2.45) is 0 Å². The lowest BCUT2D eigenvalue weighted by Crippen LogP contribution is -2.09. The molecule has 0 aliphatic heterocycles. The van der Waals surface area contributed by atoms with Gasteiger partial charge in [0.05, 0.1) is 0 Å². The van der Waals surface area contributed by atoms with E-state index in [4.69, 9.17) is 0 Å². The minimum absolute atomic E-state index is 0.784. The molecule has 2 aromatic rings. The highest BCUT2D eigenvalue weighted by atomic mass is 32.1. The van der Waals surface area contributed by atoms with Gasteiger partial charge in [-0.2, -0.15) is 11.3 Å². The van der Waals surface area contributed by atoms with Gasteiger partial charge in [-0.05, 0) is 42.7 Å². The van der Waals surface area contributed by atoms with Crippen molar-refractivity contribution < 1.29 is 0 Å². The Bertz CT molecular complexity index is 482. The molecular weight excluding hydrogens is 244 g/mol. The second kappa shape index (κ2) is 6.35. The summed E-state index contributed by atoms with van der Waals surface area (Å²) in [7, 11) is 0. The van der Waals surface area contributed by atoms with E-state index in [1.54, 1.807) is 11.3 Å². The van der Waals surface area contributed by atoms with Crippen molar-refractivity contribution in [3.8, 4) is 0 Å². The number of aryl methyl sites for hydroxylation is 1. The monoisotopic (exact) mass is 262 g/mol. The van der Waals surface area contributed by atoms with Crippen LogP contribution in [0.3, 0.4) is 0 Å². The van der Waals surface area contributed by atoms with Gasteiger partial charge in [0.1, 0.15) is 17.5 Å². The Morgan fingerprint density at radius 1 is 1.22 bits per heavy atom.